The van der Waals surface area contributed by atoms with Crippen molar-refractivity contribution in [3.8, 4) is 0 Å². The van der Waals surface area contributed by atoms with E-state index in [1.165, 1.54) is 16.8 Å². The normalized spacial score (nSPS) is 18.5. The highest BCUT2D eigenvalue weighted by Gasteiger charge is 2.35. The van der Waals surface area contributed by atoms with Crippen LogP contribution in [-0.2, 0) is 14.3 Å². The number of hydrogen-bond acceptors (Lipinski definition) is 4. The van der Waals surface area contributed by atoms with Crippen LogP contribution in [0.1, 0.15) is 13.3 Å². The Morgan fingerprint density at radius 3 is 2.70 bits per heavy atom. The number of nitrogens with one attached hydrogen (secondary N) is 1. The summed E-state index contributed by atoms with van der Waals surface area (Å²) in [5.41, 5.74) is 0. The third-order valence-corrected chi connectivity index (χ3v) is 3.04. The third-order valence-electron chi connectivity index (χ3n) is 3.04. The van der Waals surface area contributed by atoms with Gasteiger partial charge in [0.05, 0.1) is 13.2 Å². The molecule has 8 heteroatoms. The number of hydrogen-bond donors (Lipinski definition) is 2. The zero-order valence-electron chi connectivity index (χ0n) is 11.8. The van der Waals surface area contributed by atoms with Crippen molar-refractivity contribution in [3.63, 3.8) is 0 Å². The van der Waals surface area contributed by atoms with Crippen LogP contribution < -0.4 is 5.32 Å². The number of carbonyl (C=O) groups is 3. The fourth-order valence-corrected chi connectivity index (χ4v) is 1.98. The van der Waals surface area contributed by atoms with Gasteiger partial charge in [0.25, 0.3) is 0 Å². The number of rotatable bonds is 5. The second-order valence-electron chi connectivity index (χ2n) is 4.50. The molecule has 1 aliphatic rings. The first-order chi connectivity index (χ1) is 9.51. The van der Waals surface area contributed by atoms with Crippen LogP contribution in [0.5, 0.6) is 0 Å². The largest absolute Gasteiger partial charge is 0.480 e. The lowest BCUT2D eigenvalue weighted by atomic mass is 10.2. The second-order valence-corrected chi connectivity index (χ2v) is 4.50. The van der Waals surface area contributed by atoms with Crippen molar-refractivity contribution >= 4 is 17.9 Å². The highest BCUT2D eigenvalue weighted by Crippen LogP contribution is 2.11. The Hall–Kier alpha value is -1.83. The summed E-state index contributed by atoms with van der Waals surface area (Å²) in [5.74, 6) is -1.39. The molecule has 1 unspecified atom stereocenters. The molecule has 0 aromatic rings. The number of likely N-dealkylation sites (N-methyl/N-ethyl adjacent to an activating group) is 1. The van der Waals surface area contributed by atoms with Gasteiger partial charge in [0.1, 0.15) is 6.54 Å². The van der Waals surface area contributed by atoms with Crippen molar-refractivity contribution in [2.24, 2.45) is 0 Å². The lowest BCUT2D eigenvalue weighted by molar-refractivity contribution is -0.147. The van der Waals surface area contributed by atoms with E-state index in [-0.39, 0.29) is 25.6 Å². The number of carbonyl (C=O) groups excluding carboxylic acids is 2. The van der Waals surface area contributed by atoms with E-state index >= 15 is 0 Å². The third kappa shape index (κ3) is 4.09. The molecule has 0 saturated carbocycles. The summed E-state index contributed by atoms with van der Waals surface area (Å²) in [7, 11) is 1.49. The highest BCUT2D eigenvalue weighted by molar-refractivity contribution is 5.86. The Morgan fingerprint density at radius 2 is 2.15 bits per heavy atom. The van der Waals surface area contributed by atoms with Crippen LogP contribution in [0, 0.1) is 0 Å². The molecule has 114 valence electrons. The number of carboxylic acid groups (broad SMARTS) is 1. The maximum atomic E-state index is 12.4. The zero-order valence-corrected chi connectivity index (χ0v) is 11.8. The Kier molecular flexibility index (Phi) is 6.23. The lowest BCUT2D eigenvalue weighted by Crippen LogP contribution is -2.57. The number of ether oxygens (including phenoxy) is 1. The van der Waals surface area contributed by atoms with E-state index in [0.29, 0.717) is 19.6 Å². The van der Waals surface area contributed by atoms with Crippen LogP contribution in [0.25, 0.3) is 0 Å². The monoisotopic (exact) mass is 287 g/mol. The number of urea groups is 1. The predicted octanol–water partition coefficient (Wildman–Crippen LogP) is -0.650. The van der Waals surface area contributed by atoms with Gasteiger partial charge in [-0.05, 0) is 6.42 Å². The van der Waals surface area contributed by atoms with Crippen molar-refractivity contribution in [1.82, 2.24) is 15.1 Å². The number of carboxylic acids is 1. The molecule has 1 heterocycles. The van der Waals surface area contributed by atoms with Gasteiger partial charge in [-0.15, -0.1) is 0 Å². The van der Waals surface area contributed by atoms with Crippen molar-refractivity contribution in [3.05, 3.63) is 0 Å². The number of morpholine rings is 1. The maximum absolute atomic E-state index is 12.4. The summed E-state index contributed by atoms with van der Waals surface area (Å²) >= 11 is 0. The van der Waals surface area contributed by atoms with Gasteiger partial charge in [-0.25, -0.2) is 9.59 Å². The summed E-state index contributed by atoms with van der Waals surface area (Å²) in [5, 5.41) is 11.6. The molecular weight excluding hydrogens is 266 g/mol. The van der Waals surface area contributed by atoms with Crippen LogP contribution >= 0.6 is 0 Å². The molecule has 0 aliphatic carbocycles. The SMILES string of the molecule is CCCN(CC(=O)NC)C(=O)N1CCOCC1C(=O)O. The van der Waals surface area contributed by atoms with E-state index in [1.54, 1.807) is 0 Å². The molecule has 2 N–H and O–H groups in total. The van der Waals surface area contributed by atoms with E-state index in [1.807, 2.05) is 6.92 Å². The minimum absolute atomic E-state index is 0.0268. The van der Waals surface area contributed by atoms with Crippen LogP contribution in [0.2, 0.25) is 0 Å². The molecule has 1 fully saturated rings. The second kappa shape index (κ2) is 7.68. The molecule has 0 radical (unpaired) electrons. The average molecular weight is 287 g/mol. The molecule has 20 heavy (non-hydrogen) atoms. The van der Waals surface area contributed by atoms with Crippen LogP contribution in [0.4, 0.5) is 4.79 Å². The van der Waals surface area contributed by atoms with Crippen molar-refractivity contribution in [2.75, 3.05) is 39.9 Å². The first-order valence-electron chi connectivity index (χ1n) is 6.58. The number of aliphatic carboxylic acids is 1. The smallest absolute Gasteiger partial charge is 0.328 e. The van der Waals surface area contributed by atoms with Crippen molar-refractivity contribution < 1.29 is 24.2 Å². The topological polar surface area (TPSA) is 99.2 Å². The lowest BCUT2D eigenvalue weighted by Gasteiger charge is -2.36. The summed E-state index contributed by atoms with van der Waals surface area (Å²) in [6.45, 7) is 2.70. The minimum Gasteiger partial charge on any atom is -0.480 e. The summed E-state index contributed by atoms with van der Waals surface area (Å²) in [4.78, 5) is 37.6. The fourth-order valence-electron chi connectivity index (χ4n) is 1.98. The first kappa shape index (κ1) is 16.2. The maximum Gasteiger partial charge on any atom is 0.328 e. The Balaban J connectivity index is 2.80. The molecule has 3 amide bonds. The Bertz CT molecular complexity index is 374. The zero-order chi connectivity index (χ0) is 15.1. The van der Waals surface area contributed by atoms with Crippen LogP contribution in [0.15, 0.2) is 0 Å². The van der Waals surface area contributed by atoms with E-state index < -0.39 is 18.0 Å². The molecule has 1 aliphatic heterocycles. The van der Waals surface area contributed by atoms with Gasteiger partial charge in [-0.1, -0.05) is 6.92 Å². The Labute approximate surface area is 117 Å². The van der Waals surface area contributed by atoms with E-state index in [2.05, 4.69) is 5.32 Å². The molecule has 0 aromatic carbocycles. The minimum atomic E-state index is -1.10. The standard InChI is InChI=1S/C12H21N3O5/c1-3-4-14(7-10(16)13-2)12(19)15-5-6-20-8-9(15)11(17)18/h9H,3-8H2,1-2H3,(H,13,16)(H,17,18). The quantitative estimate of drug-likeness (QED) is 0.700. The van der Waals surface area contributed by atoms with Gasteiger partial charge in [0, 0.05) is 20.1 Å². The number of nitrogens with zero attached hydrogens (tertiary/aromatic N) is 2. The van der Waals surface area contributed by atoms with E-state index in [4.69, 9.17) is 9.84 Å². The molecular formula is C12H21N3O5. The average Bonchev–Trinajstić information content (AvgIpc) is 2.45. The molecule has 1 saturated heterocycles. The van der Waals surface area contributed by atoms with Gasteiger partial charge >= 0.3 is 12.0 Å². The first-order valence-corrected chi connectivity index (χ1v) is 6.58. The molecule has 0 aromatic heterocycles. The fraction of sp³-hybridized carbons (Fsp3) is 0.750. The molecule has 8 nitrogen and oxygen atoms in total. The molecule has 1 rings (SSSR count). The van der Waals surface area contributed by atoms with Gasteiger partial charge in [-0.2, -0.15) is 0 Å². The Morgan fingerprint density at radius 1 is 1.45 bits per heavy atom. The predicted molar refractivity (Wildman–Crippen MR) is 70.3 cm³/mol. The van der Waals surface area contributed by atoms with Gasteiger partial charge < -0.3 is 25.0 Å². The van der Waals surface area contributed by atoms with E-state index in [9.17, 15) is 14.4 Å². The van der Waals surface area contributed by atoms with Crippen molar-refractivity contribution in [1.29, 1.82) is 0 Å². The van der Waals surface area contributed by atoms with Crippen molar-refractivity contribution in [2.45, 2.75) is 19.4 Å². The van der Waals surface area contributed by atoms with Gasteiger partial charge in [-0.3, -0.25) is 4.79 Å². The van der Waals surface area contributed by atoms with Crippen LogP contribution in [-0.4, -0.2) is 78.8 Å². The van der Waals surface area contributed by atoms with Gasteiger partial charge in [0.15, 0.2) is 6.04 Å². The molecule has 0 bridgehead atoms. The van der Waals surface area contributed by atoms with Crippen LogP contribution in [0.3, 0.4) is 0 Å². The van der Waals surface area contributed by atoms with E-state index in [0.717, 1.165) is 0 Å². The summed E-state index contributed by atoms with van der Waals surface area (Å²) in [6, 6.07) is -1.44. The number of amides is 3. The van der Waals surface area contributed by atoms with Gasteiger partial charge in [0.2, 0.25) is 5.91 Å². The molecule has 0 spiro atoms. The molecule has 1 atom stereocenters. The summed E-state index contributed by atoms with van der Waals surface area (Å²) in [6.07, 6.45) is 0.685. The highest BCUT2D eigenvalue weighted by atomic mass is 16.5. The summed E-state index contributed by atoms with van der Waals surface area (Å²) < 4.78 is 5.09.